The highest BCUT2D eigenvalue weighted by molar-refractivity contribution is 5.89. The third-order valence-corrected chi connectivity index (χ3v) is 3.02. The zero-order valence-corrected chi connectivity index (χ0v) is 12.9. The molecule has 0 saturated heterocycles. The highest BCUT2D eigenvalue weighted by atomic mass is 16.5. The van der Waals surface area contributed by atoms with E-state index in [4.69, 9.17) is 4.74 Å². The van der Waals surface area contributed by atoms with Crippen molar-refractivity contribution in [3.8, 4) is 5.75 Å². The molecule has 22 heavy (non-hydrogen) atoms. The van der Waals surface area contributed by atoms with Crippen LogP contribution in [0.2, 0.25) is 0 Å². The lowest BCUT2D eigenvalue weighted by atomic mass is 10.2. The van der Waals surface area contributed by atoms with E-state index < -0.39 is 0 Å². The molecular formula is C17H21N3O2. The molecule has 0 radical (unpaired) electrons. The maximum Gasteiger partial charge on any atom is 0.319 e. The summed E-state index contributed by atoms with van der Waals surface area (Å²) in [4.78, 5) is 13.8. The minimum Gasteiger partial charge on any atom is -0.492 e. The summed E-state index contributed by atoms with van der Waals surface area (Å²) < 4.78 is 5.51. The van der Waals surface area contributed by atoms with Gasteiger partial charge in [-0.1, -0.05) is 24.3 Å². The number of rotatable bonds is 6. The van der Waals surface area contributed by atoms with Gasteiger partial charge in [0.15, 0.2) is 0 Å². The zero-order valence-electron chi connectivity index (χ0n) is 12.9. The number of nitrogens with one attached hydrogen (secondary N) is 2. The summed E-state index contributed by atoms with van der Waals surface area (Å²) >= 11 is 0. The molecule has 0 atom stereocenters. The minimum atomic E-state index is -0.243. The molecule has 0 aliphatic carbocycles. The van der Waals surface area contributed by atoms with Crippen molar-refractivity contribution in [3.63, 3.8) is 0 Å². The van der Waals surface area contributed by atoms with Gasteiger partial charge < -0.3 is 20.3 Å². The number of hydrogen-bond donors (Lipinski definition) is 2. The number of carbonyl (C=O) groups excluding carboxylic acids is 1. The molecule has 0 unspecified atom stereocenters. The van der Waals surface area contributed by atoms with Gasteiger partial charge in [0.25, 0.3) is 0 Å². The van der Waals surface area contributed by atoms with Crippen LogP contribution in [-0.2, 0) is 0 Å². The number of benzene rings is 2. The van der Waals surface area contributed by atoms with Crippen molar-refractivity contribution in [2.24, 2.45) is 0 Å². The zero-order chi connectivity index (χ0) is 15.8. The minimum absolute atomic E-state index is 0.243. The molecule has 0 saturated carbocycles. The number of nitrogens with zero attached hydrogens (tertiary/aromatic N) is 1. The van der Waals surface area contributed by atoms with Crippen LogP contribution in [0.4, 0.5) is 16.2 Å². The van der Waals surface area contributed by atoms with Gasteiger partial charge in [-0.2, -0.15) is 0 Å². The van der Waals surface area contributed by atoms with Crippen LogP contribution >= 0.6 is 0 Å². The molecule has 2 aromatic rings. The van der Waals surface area contributed by atoms with E-state index in [0.29, 0.717) is 13.2 Å². The van der Waals surface area contributed by atoms with E-state index >= 15 is 0 Å². The molecular weight excluding hydrogens is 278 g/mol. The van der Waals surface area contributed by atoms with Crippen LogP contribution in [-0.4, -0.2) is 33.3 Å². The molecule has 5 heteroatoms. The first-order valence-corrected chi connectivity index (χ1v) is 7.15. The first kappa shape index (κ1) is 15.7. The maximum absolute atomic E-state index is 11.8. The Labute approximate surface area is 130 Å². The van der Waals surface area contributed by atoms with Gasteiger partial charge in [0.2, 0.25) is 0 Å². The Bertz CT molecular complexity index is 600. The predicted octanol–water partition coefficient (Wildman–Crippen LogP) is 2.95. The predicted molar refractivity (Wildman–Crippen MR) is 89.7 cm³/mol. The quantitative estimate of drug-likeness (QED) is 0.806. The van der Waals surface area contributed by atoms with E-state index in [1.54, 1.807) is 0 Å². The summed E-state index contributed by atoms with van der Waals surface area (Å²) in [6, 6.07) is 16.9. The van der Waals surface area contributed by atoms with E-state index in [1.807, 2.05) is 73.6 Å². The largest absolute Gasteiger partial charge is 0.492 e. The van der Waals surface area contributed by atoms with Gasteiger partial charge in [-0.05, 0) is 30.3 Å². The van der Waals surface area contributed by atoms with Gasteiger partial charge in [0.1, 0.15) is 12.4 Å². The van der Waals surface area contributed by atoms with E-state index in [0.717, 1.165) is 17.1 Å². The summed E-state index contributed by atoms with van der Waals surface area (Å²) in [6.45, 7) is 0.864. The molecule has 0 heterocycles. The smallest absolute Gasteiger partial charge is 0.319 e. The number of urea groups is 1. The van der Waals surface area contributed by atoms with Crippen LogP contribution in [0.1, 0.15) is 0 Å². The molecule has 2 N–H and O–H groups in total. The monoisotopic (exact) mass is 299 g/mol. The molecule has 2 rings (SSSR count). The van der Waals surface area contributed by atoms with Crippen molar-refractivity contribution in [1.29, 1.82) is 0 Å². The third kappa shape index (κ3) is 5.01. The van der Waals surface area contributed by atoms with Crippen LogP contribution in [0.5, 0.6) is 5.75 Å². The highest BCUT2D eigenvalue weighted by Gasteiger charge is 2.03. The van der Waals surface area contributed by atoms with Crippen LogP contribution in [0.15, 0.2) is 54.6 Å². The number of carbonyl (C=O) groups is 1. The number of para-hydroxylation sites is 1. The Kier molecular flexibility index (Phi) is 5.65. The normalized spacial score (nSPS) is 9.91. The van der Waals surface area contributed by atoms with E-state index in [-0.39, 0.29) is 6.03 Å². The van der Waals surface area contributed by atoms with Crippen molar-refractivity contribution in [3.05, 3.63) is 54.6 Å². The Morgan fingerprint density at radius 3 is 2.59 bits per heavy atom. The average Bonchev–Trinajstić information content (AvgIpc) is 2.53. The number of ether oxygens (including phenoxy) is 1. The SMILES string of the molecule is CN(C)c1cccc(NC(=O)NCCOc2ccccc2)c1. The lowest BCUT2D eigenvalue weighted by Gasteiger charge is -2.14. The second-order valence-corrected chi connectivity index (χ2v) is 4.99. The first-order chi connectivity index (χ1) is 10.6. The van der Waals surface area contributed by atoms with Crippen molar-refractivity contribution in [1.82, 2.24) is 5.32 Å². The Hall–Kier alpha value is -2.69. The van der Waals surface area contributed by atoms with Crippen molar-refractivity contribution >= 4 is 17.4 Å². The van der Waals surface area contributed by atoms with E-state index in [1.165, 1.54) is 0 Å². The molecule has 0 aliphatic rings. The summed E-state index contributed by atoms with van der Waals surface area (Å²) in [5.41, 5.74) is 1.79. The fourth-order valence-electron chi connectivity index (χ4n) is 1.89. The molecule has 0 bridgehead atoms. The lowest BCUT2D eigenvalue weighted by molar-refractivity contribution is 0.247. The Morgan fingerprint density at radius 1 is 1.09 bits per heavy atom. The number of anilines is 2. The van der Waals surface area contributed by atoms with Gasteiger partial charge in [-0.3, -0.25) is 0 Å². The third-order valence-electron chi connectivity index (χ3n) is 3.02. The Morgan fingerprint density at radius 2 is 1.86 bits per heavy atom. The highest BCUT2D eigenvalue weighted by Crippen LogP contribution is 2.16. The number of hydrogen-bond acceptors (Lipinski definition) is 3. The number of amides is 2. The summed E-state index contributed by atoms with van der Waals surface area (Å²) in [7, 11) is 3.92. The Balaban J connectivity index is 1.73. The first-order valence-electron chi connectivity index (χ1n) is 7.15. The van der Waals surface area contributed by atoms with Crippen molar-refractivity contribution in [2.45, 2.75) is 0 Å². The van der Waals surface area contributed by atoms with Gasteiger partial charge >= 0.3 is 6.03 Å². The van der Waals surface area contributed by atoms with E-state index in [2.05, 4.69) is 10.6 Å². The molecule has 2 amide bonds. The molecule has 0 aromatic heterocycles. The maximum atomic E-state index is 11.8. The van der Waals surface area contributed by atoms with Crippen LogP contribution in [0.25, 0.3) is 0 Å². The molecule has 2 aromatic carbocycles. The second-order valence-electron chi connectivity index (χ2n) is 4.99. The van der Waals surface area contributed by atoms with Crippen molar-refractivity contribution in [2.75, 3.05) is 37.5 Å². The molecule has 0 spiro atoms. The molecule has 0 aliphatic heterocycles. The fraction of sp³-hybridized carbons (Fsp3) is 0.235. The summed E-state index contributed by atoms with van der Waals surface area (Å²) in [5.74, 6) is 0.795. The molecule has 116 valence electrons. The van der Waals surface area contributed by atoms with Gasteiger partial charge in [0.05, 0.1) is 6.54 Å². The van der Waals surface area contributed by atoms with Gasteiger partial charge in [0, 0.05) is 25.5 Å². The van der Waals surface area contributed by atoms with Gasteiger partial charge in [-0.25, -0.2) is 4.79 Å². The van der Waals surface area contributed by atoms with E-state index in [9.17, 15) is 4.79 Å². The van der Waals surface area contributed by atoms with Crippen LogP contribution < -0.4 is 20.3 Å². The second kappa shape index (κ2) is 7.93. The van der Waals surface area contributed by atoms with Crippen LogP contribution in [0, 0.1) is 0 Å². The average molecular weight is 299 g/mol. The van der Waals surface area contributed by atoms with Crippen molar-refractivity contribution < 1.29 is 9.53 Å². The molecule has 0 fully saturated rings. The fourth-order valence-corrected chi connectivity index (χ4v) is 1.89. The van der Waals surface area contributed by atoms with Gasteiger partial charge in [-0.15, -0.1) is 0 Å². The molecule has 5 nitrogen and oxygen atoms in total. The van der Waals surface area contributed by atoms with Crippen LogP contribution in [0.3, 0.4) is 0 Å². The summed E-state index contributed by atoms with van der Waals surface area (Å²) in [5, 5.41) is 5.57. The topological polar surface area (TPSA) is 53.6 Å². The lowest BCUT2D eigenvalue weighted by Crippen LogP contribution is -2.32. The summed E-state index contributed by atoms with van der Waals surface area (Å²) in [6.07, 6.45) is 0. The standard InChI is InChI=1S/C17H21N3O2/c1-20(2)15-8-6-7-14(13-15)19-17(21)18-11-12-22-16-9-4-3-5-10-16/h3-10,13H,11-12H2,1-2H3,(H2,18,19,21).